The summed E-state index contributed by atoms with van der Waals surface area (Å²) >= 11 is 0. The van der Waals surface area contributed by atoms with Crippen molar-refractivity contribution in [1.82, 2.24) is 14.8 Å². The molecular formula is C30H28F3N5O4. The highest BCUT2D eigenvalue weighted by atomic mass is 19.4. The van der Waals surface area contributed by atoms with E-state index in [9.17, 15) is 32.8 Å². The Kier molecular flexibility index (Phi) is 7.30. The maximum Gasteiger partial charge on any atom is 0.573 e. The molecule has 2 aliphatic rings. The third-order valence-corrected chi connectivity index (χ3v) is 7.83. The van der Waals surface area contributed by atoms with Crippen molar-refractivity contribution in [3.63, 3.8) is 0 Å². The van der Waals surface area contributed by atoms with Crippen LogP contribution in [0.4, 0.5) is 18.9 Å². The molecule has 9 nitrogen and oxygen atoms in total. The summed E-state index contributed by atoms with van der Waals surface area (Å²) in [6.45, 7) is 3.68. The molecule has 0 aliphatic carbocycles. The van der Waals surface area contributed by atoms with Crippen molar-refractivity contribution >= 4 is 34.3 Å². The van der Waals surface area contributed by atoms with Crippen molar-refractivity contribution in [2.24, 2.45) is 5.92 Å². The number of likely N-dealkylation sites (tertiary alicyclic amines) is 1. The zero-order valence-corrected chi connectivity index (χ0v) is 23.1. The number of nitrogens with one attached hydrogen (secondary N) is 1. The molecule has 0 unspecified atom stereocenters. The van der Waals surface area contributed by atoms with Crippen molar-refractivity contribution in [3.05, 3.63) is 65.9 Å². The first-order valence-corrected chi connectivity index (χ1v) is 13.4. The van der Waals surface area contributed by atoms with Crippen LogP contribution in [0.25, 0.3) is 10.9 Å². The SMILES string of the molecule is CC(C)C[C@@H](C(=O)N1C[C@]2(C[C@H]1C#N)C(=O)Nc1ccccc12)N(C)C(=O)c1cc(OC(F)(F)F)c2ncccc2c1. The number of carbonyl (C=O) groups is 3. The average Bonchev–Trinajstić information content (AvgIpc) is 3.47. The van der Waals surface area contributed by atoms with Crippen LogP contribution in [0.5, 0.6) is 5.75 Å². The molecule has 1 fully saturated rings. The van der Waals surface area contributed by atoms with Gasteiger partial charge in [-0.3, -0.25) is 19.4 Å². The number of ether oxygens (including phenoxy) is 1. The molecule has 1 spiro atoms. The molecule has 2 aromatic carbocycles. The lowest BCUT2D eigenvalue weighted by atomic mass is 9.80. The van der Waals surface area contributed by atoms with E-state index in [2.05, 4.69) is 21.1 Å². The molecule has 1 saturated heterocycles. The molecule has 12 heteroatoms. The van der Waals surface area contributed by atoms with Gasteiger partial charge in [0.25, 0.3) is 5.91 Å². The van der Waals surface area contributed by atoms with Crippen LogP contribution < -0.4 is 10.1 Å². The fourth-order valence-electron chi connectivity index (χ4n) is 5.88. The van der Waals surface area contributed by atoms with Gasteiger partial charge in [-0.2, -0.15) is 5.26 Å². The topological polar surface area (TPSA) is 116 Å². The van der Waals surface area contributed by atoms with E-state index in [-0.39, 0.29) is 47.7 Å². The Morgan fingerprint density at radius 3 is 2.67 bits per heavy atom. The zero-order valence-electron chi connectivity index (χ0n) is 23.1. The van der Waals surface area contributed by atoms with E-state index in [1.165, 1.54) is 41.2 Å². The van der Waals surface area contributed by atoms with Crippen molar-refractivity contribution in [2.45, 2.75) is 50.6 Å². The first-order valence-electron chi connectivity index (χ1n) is 13.4. The number of rotatable bonds is 6. The van der Waals surface area contributed by atoms with Crippen LogP contribution in [-0.4, -0.2) is 64.5 Å². The molecule has 3 heterocycles. The van der Waals surface area contributed by atoms with Crippen molar-refractivity contribution in [2.75, 3.05) is 18.9 Å². The molecule has 2 aliphatic heterocycles. The van der Waals surface area contributed by atoms with Crippen LogP contribution in [0.2, 0.25) is 0 Å². The second kappa shape index (κ2) is 10.6. The number of halogens is 3. The average molecular weight is 580 g/mol. The third kappa shape index (κ3) is 5.11. The highest BCUT2D eigenvalue weighted by Crippen LogP contribution is 2.46. The highest BCUT2D eigenvalue weighted by molar-refractivity contribution is 6.07. The fourth-order valence-corrected chi connectivity index (χ4v) is 5.88. The molecule has 3 amide bonds. The van der Waals surface area contributed by atoms with Crippen LogP contribution in [0.3, 0.4) is 0 Å². The Morgan fingerprint density at radius 1 is 1.24 bits per heavy atom. The standard InChI is InChI=1S/C30H28F3N5O4/c1-17(2)11-23(27(40)38-16-29(14-20(38)15-34)21-8-4-5-9-22(21)36-28(29)41)37(3)26(39)19-12-18-7-6-10-35-25(18)24(13-19)42-30(31,32)33/h4-10,12-13,17,20,23H,11,14,16H2,1-3H3,(H,36,41)/t20-,23-,29-/m0/s1. The predicted octanol–water partition coefficient (Wildman–Crippen LogP) is 4.63. The first-order chi connectivity index (χ1) is 19.8. The number of para-hydroxylation sites is 1. The summed E-state index contributed by atoms with van der Waals surface area (Å²) in [5, 5.41) is 13.1. The summed E-state index contributed by atoms with van der Waals surface area (Å²) in [4.78, 5) is 47.5. The maximum atomic E-state index is 14.1. The highest BCUT2D eigenvalue weighted by Gasteiger charge is 2.56. The normalized spacial score (nSPS) is 20.4. The number of carbonyl (C=O) groups excluding carboxylic acids is 3. The van der Waals surface area contributed by atoms with E-state index in [0.717, 1.165) is 6.07 Å². The molecule has 3 atom stereocenters. The zero-order chi connectivity index (χ0) is 30.4. The minimum atomic E-state index is -5.02. The molecule has 3 aromatic rings. The van der Waals surface area contributed by atoms with Gasteiger partial charge in [0.1, 0.15) is 17.6 Å². The number of hydrogen-bond donors (Lipinski definition) is 1. The summed E-state index contributed by atoms with van der Waals surface area (Å²) in [7, 11) is 1.40. The van der Waals surface area contributed by atoms with Gasteiger partial charge in [0.15, 0.2) is 5.75 Å². The minimum absolute atomic E-state index is 0.0469. The number of alkyl halides is 3. The lowest BCUT2D eigenvalue weighted by molar-refractivity contribution is -0.274. The van der Waals surface area contributed by atoms with Gasteiger partial charge < -0.3 is 19.9 Å². The summed E-state index contributed by atoms with van der Waals surface area (Å²) in [6.07, 6.45) is -3.39. The molecule has 5 rings (SSSR count). The van der Waals surface area contributed by atoms with Gasteiger partial charge >= 0.3 is 6.36 Å². The summed E-state index contributed by atoms with van der Waals surface area (Å²) in [6, 6.07) is 12.7. The van der Waals surface area contributed by atoms with Crippen molar-refractivity contribution < 1.29 is 32.3 Å². The number of aromatic nitrogens is 1. The fraction of sp³-hybridized carbons (Fsp3) is 0.367. The lowest BCUT2D eigenvalue weighted by Gasteiger charge is -2.33. The number of benzene rings is 2. The minimum Gasteiger partial charge on any atom is -0.403 e. The maximum absolute atomic E-state index is 14.1. The lowest BCUT2D eigenvalue weighted by Crippen LogP contribution is -2.52. The molecular weight excluding hydrogens is 551 g/mol. The number of hydrogen-bond acceptors (Lipinski definition) is 6. The molecule has 42 heavy (non-hydrogen) atoms. The molecule has 1 aromatic heterocycles. The van der Waals surface area contributed by atoms with Crippen molar-refractivity contribution in [3.8, 4) is 11.8 Å². The van der Waals surface area contributed by atoms with Gasteiger partial charge in [0.05, 0.1) is 11.5 Å². The molecule has 218 valence electrons. The number of pyridine rings is 1. The second-order valence-corrected chi connectivity index (χ2v) is 11.1. The summed E-state index contributed by atoms with van der Waals surface area (Å²) < 4.78 is 43.7. The van der Waals surface area contributed by atoms with E-state index in [0.29, 0.717) is 11.3 Å². The molecule has 1 N–H and O–H groups in total. The Balaban J connectivity index is 1.49. The van der Waals surface area contributed by atoms with Crippen LogP contribution in [0.15, 0.2) is 54.7 Å². The van der Waals surface area contributed by atoms with Crippen LogP contribution in [0, 0.1) is 17.2 Å². The number of nitrogens with zero attached hydrogens (tertiary/aromatic N) is 4. The summed E-state index contributed by atoms with van der Waals surface area (Å²) in [5.74, 6) is -2.23. The van der Waals surface area contributed by atoms with Gasteiger partial charge in [-0.1, -0.05) is 38.1 Å². The Morgan fingerprint density at radius 2 is 1.98 bits per heavy atom. The number of nitriles is 1. The Labute approximate surface area is 239 Å². The van der Waals surface area contributed by atoms with Crippen LogP contribution in [0.1, 0.15) is 42.6 Å². The number of fused-ring (bicyclic) bond motifs is 3. The van der Waals surface area contributed by atoms with E-state index in [1.807, 2.05) is 13.8 Å². The predicted molar refractivity (Wildman–Crippen MR) is 146 cm³/mol. The number of amides is 3. The van der Waals surface area contributed by atoms with E-state index >= 15 is 0 Å². The van der Waals surface area contributed by atoms with Crippen LogP contribution in [-0.2, 0) is 15.0 Å². The molecule has 0 saturated carbocycles. The monoisotopic (exact) mass is 579 g/mol. The van der Waals surface area contributed by atoms with E-state index in [4.69, 9.17) is 0 Å². The van der Waals surface area contributed by atoms with Gasteiger partial charge in [0, 0.05) is 42.8 Å². The largest absolute Gasteiger partial charge is 0.573 e. The quantitative estimate of drug-likeness (QED) is 0.455. The van der Waals surface area contributed by atoms with E-state index in [1.54, 1.807) is 24.3 Å². The van der Waals surface area contributed by atoms with Gasteiger partial charge in [0.2, 0.25) is 11.8 Å². The second-order valence-electron chi connectivity index (χ2n) is 11.1. The van der Waals surface area contributed by atoms with Crippen LogP contribution >= 0.6 is 0 Å². The van der Waals surface area contributed by atoms with E-state index < -0.39 is 41.4 Å². The number of likely N-dealkylation sites (N-methyl/N-ethyl adjacent to an activating group) is 1. The Hall–Kier alpha value is -4.66. The Bertz CT molecular complexity index is 1620. The van der Waals surface area contributed by atoms with Gasteiger partial charge in [-0.25, -0.2) is 0 Å². The number of anilines is 1. The van der Waals surface area contributed by atoms with Gasteiger partial charge in [-0.05, 0) is 42.2 Å². The van der Waals surface area contributed by atoms with Crippen molar-refractivity contribution in [1.29, 1.82) is 5.26 Å². The molecule has 0 radical (unpaired) electrons. The van der Waals surface area contributed by atoms with Gasteiger partial charge in [-0.15, -0.1) is 13.2 Å². The molecule has 0 bridgehead atoms. The summed E-state index contributed by atoms with van der Waals surface area (Å²) in [5.41, 5.74) is 0.0302. The third-order valence-electron chi connectivity index (χ3n) is 7.83. The smallest absolute Gasteiger partial charge is 0.403 e. The first kappa shape index (κ1) is 28.9.